The first-order chi connectivity index (χ1) is 11.8. The summed E-state index contributed by atoms with van der Waals surface area (Å²) >= 11 is 4.53. The predicted octanol–water partition coefficient (Wildman–Crippen LogP) is 5.15. The van der Waals surface area contributed by atoms with E-state index >= 15 is 0 Å². The molecule has 120 valence electrons. The summed E-state index contributed by atoms with van der Waals surface area (Å²) in [6.07, 6.45) is 3.72. The number of nitrogens with zero attached hydrogens (tertiary/aromatic N) is 3. The summed E-state index contributed by atoms with van der Waals surface area (Å²) in [5.41, 5.74) is 2.66. The zero-order chi connectivity index (χ0) is 16.8. The Hall–Kier alpha value is -2.14. The third kappa shape index (κ3) is 4.23. The average molecular weight is 371 g/mol. The number of hydrogen-bond donors (Lipinski definition) is 1. The summed E-state index contributed by atoms with van der Waals surface area (Å²) in [7, 11) is 0. The highest BCUT2D eigenvalue weighted by atomic mass is 32.2. The number of benzene rings is 1. The Morgan fingerprint density at radius 2 is 2.17 bits per heavy atom. The maximum Gasteiger partial charge on any atom is 0.129 e. The van der Waals surface area contributed by atoms with Gasteiger partial charge < -0.3 is 5.32 Å². The molecular formula is C17H14N4S3. The van der Waals surface area contributed by atoms with E-state index < -0.39 is 0 Å². The first kappa shape index (κ1) is 16.7. The molecule has 0 saturated heterocycles. The van der Waals surface area contributed by atoms with Gasteiger partial charge in [0.15, 0.2) is 0 Å². The molecule has 0 aliphatic heterocycles. The summed E-state index contributed by atoms with van der Waals surface area (Å²) in [6.45, 7) is 1.99. The molecule has 3 aromatic rings. The van der Waals surface area contributed by atoms with E-state index in [0.717, 1.165) is 32.0 Å². The highest BCUT2D eigenvalue weighted by Gasteiger charge is 2.13. The Morgan fingerprint density at radius 3 is 2.88 bits per heavy atom. The van der Waals surface area contributed by atoms with Gasteiger partial charge in [-0.3, -0.25) is 0 Å². The molecule has 0 aliphatic carbocycles. The Labute approximate surface area is 153 Å². The molecule has 1 N–H and O–H groups in total. The third-order valence-corrected chi connectivity index (χ3v) is 5.84. The summed E-state index contributed by atoms with van der Waals surface area (Å²) in [5, 5.41) is 16.5. The number of nitriles is 1. The van der Waals surface area contributed by atoms with Crippen LogP contribution < -0.4 is 5.32 Å². The predicted molar refractivity (Wildman–Crippen MR) is 102 cm³/mol. The number of nitrogens with one attached hydrogen (secondary N) is 1. The van der Waals surface area contributed by atoms with Crippen molar-refractivity contribution in [1.82, 2.24) is 9.36 Å². The van der Waals surface area contributed by atoms with Gasteiger partial charge in [0.05, 0.1) is 15.6 Å². The van der Waals surface area contributed by atoms with Gasteiger partial charge in [0.2, 0.25) is 0 Å². The molecule has 0 unspecified atom stereocenters. The van der Waals surface area contributed by atoms with Crippen molar-refractivity contribution in [2.24, 2.45) is 0 Å². The molecule has 0 amide bonds. The van der Waals surface area contributed by atoms with Crippen molar-refractivity contribution in [3.05, 3.63) is 63.1 Å². The lowest BCUT2D eigenvalue weighted by atomic mass is 10.3. The molecule has 2 heterocycles. The fraction of sp³-hybridized carbons (Fsp3) is 0.118. The smallest absolute Gasteiger partial charge is 0.129 e. The van der Waals surface area contributed by atoms with Crippen LogP contribution >= 0.6 is 34.6 Å². The molecule has 0 radical (unpaired) electrons. The van der Waals surface area contributed by atoms with E-state index in [4.69, 9.17) is 0 Å². The van der Waals surface area contributed by atoms with E-state index in [0.29, 0.717) is 5.56 Å². The van der Waals surface area contributed by atoms with Crippen molar-refractivity contribution >= 4 is 46.4 Å². The monoisotopic (exact) mass is 370 g/mol. The van der Waals surface area contributed by atoms with E-state index in [1.807, 2.05) is 54.9 Å². The van der Waals surface area contributed by atoms with Crippen molar-refractivity contribution in [1.29, 1.82) is 5.26 Å². The van der Waals surface area contributed by atoms with Crippen LogP contribution in [0.25, 0.3) is 6.08 Å². The number of aromatic nitrogens is 2. The van der Waals surface area contributed by atoms with Crippen molar-refractivity contribution in [3.8, 4) is 6.07 Å². The van der Waals surface area contributed by atoms with Crippen LogP contribution in [0.5, 0.6) is 0 Å². The van der Waals surface area contributed by atoms with Crippen molar-refractivity contribution in [2.45, 2.75) is 17.7 Å². The van der Waals surface area contributed by atoms with Crippen LogP contribution in [0.2, 0.25) is 0 Å². The van der Waals surface area contributed by atoms with Gasteiger partial charge in [-0.1, -0.05) is 30.0 Å². The highest BCUT2D eigenvalue weighted by molar-refractivity contribution is 7.98. The molecule has 1 aromatic carbocycles. The van der Waals surface area contributed by atoms with Gasteiger partial charge in [-0.25, -0.2) is 4.98 Å². The minimum absolute atomic E-state index is 0.628. The summed E-state index contributed by atoms with van der Waals surface area (Å²) in [4.78, 5) is 5.30. The number of thiazole rings is 1. The minimum Gasteiger partial charge on any atom is -0.362 e. The van der Waals surface area contributed by atoms with E-state index in [1.54, 1.807) is 23.1 Å². The molecule has 24 heavy (non-hydrogen) atoms. The molecule has 7 heteroatoms. The topological polar surface area (TPSA) is 61.6 Å². The number of anilines is 1. The Kier molecular flexibility index (Phi) is 5.64. The summed E-state index contributed by atoms with van der Waals surface area (Å²) < 4.78 is 4.41. The normalized spacial score (nSPS) is 10.8. The van der Waals surface area contributed by atoms with Crippen LogP contribution in [0.3, 0.4) is 0 Å². The molecule has 0 bridgehead atoms. The zero-order valence-corrected chi connectivity index (χ0v) is 15.3. The van der Waals surface area contributed by atoms with Gasteiger partial charge in [-0.2, -0.15) is 9.64 Å². The molecule has 3 rings (SSSR count). The number of aryl methyl sites for hydroxylation is 1. The van der Waals surface area contributed by atoms with Crippen molar-refractivity contribution in [2.75, 3.05) is 5.32 Å². The van der Waals surface area contributed by atoms with Crippen LogP contribution in [0.1, 0.15) is 21.1 Å². The Morgan fingerprint density at radius 1 is 1.33 bits per heavy atom. The fourth-order valence-corrected chi connectivity index (χ4v) is 4.44. The quantitative estimate of drug-likeness (QED) is 0.608. The van der Waals surface area contributed by atoms with Crippen LogP contribution in [0.15, 0.2) is 46.9 Å². The average Bonchev–Trinajstić information content (AvgIpc) is 3.19. The molecule has 0 aliphatic rings. The third-order valence-electron chi connectivity index (χ3n) is 3.08. The van der Waals surface area contributed by atoms with E-state index in [2.05, 4.69) is 20.7 Å². The van der Waals surface area contributed by atoms with Gasteiger partial charge in [-0.15, -0.1) is 11.3 Å². The molecule has 4 nitrogen and oxygen atoms in total. The second kappa shape index (κ2) is 8.11. The van der Waals surface area contributed by atoms with Crippen LogP contribution in [-0.4, -0.2) is 9.36 Å². The van der Waals surface area contributed by atoms with E-state index in [1.165, 1.54) is 11.5 Å². The lowest BCUT2D eigenvalue weighted by Crippen LogP contribution is -1.86. The fourth-order valence-electron chi connectivity index (χ4n) is 1.97. The molecule has 0 fully saturated rings. The summed E-state index contributed by atoms with van der Waals surface area (Å²) in [5.74, 6) is 0.730. The standard InChI is InChI=1S/C17H14N4S3/c1-12-20-14(10-22-12)11-23-17-15(9-18)16(24-21-17)7-8-19-13-5-3-2-4-6-13/h2-8,10,19H,11H2,1H3/b8-7+. The summed E-state index contributed by atoms with van der Waals surface area (Å²) in [6, 6.07) is 12.1. The Balaban J connectivity index is 1.66. The highest BCUT2D eigenvalue weighted by Crippen LogP contribution is 2.30. The number of thioether (sulfide) groups is 1. The first-order valence-electron chi connectivity index (χ1n) is 7.18. The SMILES string of the molecule is Cc1nc(CSc2nsc(/C=C/Nc3ccccc3)c2C#N)cs1. The second-order valence-corrected chi connectivity index (χ2v) is 7.66. The molecule has 2 aromatic heterocycles. The largest absolute Gasteiger partial charge is 0.362 e. The van der Waals surface area contributed by atoms with Gasteiger partial charge >= 0.3 is 0 Å². The van der Waals surface area contributed by atoms with Crippen molar-refractivity contribution < 1.29 is 0 Å². The van der Waals surface area contributed by atoms with E-state index in [-0.39, 0.29) is 0 Å². The maximum absolute atomic E-state index is 9.44. The molecule has 0 atom stereocenters. The second-order valence-electron chi connectivity index (χ2n) is 4.83. The number of hydrogen-bond acceptors (Lipinski definition) is 7. The minimum atomic E-state index is 0.628. The van der Waals surface area contributed by atoms with Gasteiger partial charge in [0, 0.05) is 23.0 Å². The van der Waals surface area contributed by atoms with Crippen LogP contribution in [0.4, 0.5) is 5.69 Å². The molecular weight excluding hydrogens is 356 g/mol. The zero-order valence-electron chi connectivity index (χ0n) is 12.9. The number of rotatable bonds is 6. The number of para-hydroxylation sites is 1. The lowest BCUT2D eigenvalue weighted by Gasteiger charge is -1.98. The van der Waals surface area contributed by atoms with E-state index in [9.17, 15) is 5.26 Å². The Bertz CT molecular complexity index is 875. The maximum atomic E-state index is 9.44. The van der Waals surface area contributed by atoms with Crippen LogP contribution in [0, 0.1) is 18.3 Å². The molecule has 0 saturated carbocycles. The van der Waals surface area contributed by atoms with Gasteiger partial charge in [0.25, 0.3) is 0 Å². The van der Waals surface area contributed by atoms with Gasteiger partial charge in [0.1, 0.15) is 16.7 Å². The van der Waals surface area contributed by atoms with Crippen molar-refractivity contribution in [3.63, 3.8) is 0 Å². The first-order valence-corrected chi connectivity index (χ1v) is 9.82. The molecule has 0 spiro atoms. The lowest BCUT2D eigenvalue weighted by molar-refractivity contribution is 1.17. The van der Waals surface area contributed by atoms with Gasteiger partial charge in [-0.05, 0) is 36.7 Å². The van der Waals surface area contributed by atoms with Crippen LogP contribution in [-0.2, 0) is 5.75 Å².